The van der Waals surface area contributed by atoms with E-state index in [4.69, 9.17) is 21.3 Å². The molecule has 10 heteroatoms. The predicted octanol–water partition coefficient (Wildman–Crippen LogP) is 4.99. The fourth-order valence-electron chi connectivity index (χ4n) is 3.22. The Morgan fingerprint density at radius 1 is 1.25 bits per heavy atom. The minimum absolute atomic E-state index is 0.0588. The van der Waals surface area contributed by atoms with Crippen LogP contribution in [0.4, 0.5) is 9.52 Å². The standard InChI is InChI=1S/C22H20ClFN4O3S/c1-30-10-2-9-28(21-25-19(13-32-21)15-4-6-16(23)7-5-15)12-14-3-8-17(18(24)11-14)20-26-22(29)31-27-20/h3-8,11,13H,2,9-10,12H2,1H3,(H,26,27,29). The van der Waals surface area contributed by atoms with Gasteiger partial charge in [0.2, 0.25) is 0 Å². The minimum Gasteiger partial charge on any atom is -0.385 e. The number of ether oxygens (including phenoxy) is 1. The lowest BCUT2D eigenvalue weighted by Crippen LogP contribution is -2.24. The van der Waals surface area contributed by atoms with Crippen molar-refractivity contribution in [3.8, 4) is 22.6 Å². The number of nitrogens with zero attached hydrogens (tertiary/aromatic N) is 3. The molecule has 0 bridgehead atoms. The van der Waals surface area contributed by atoms with Gasteiger partial charge < -0.3 is 9.64 Å². The normalized spacial score (nSPS) is 11.1. The maximum atomic E-state index is 14.7. The molecule has 0 radical (unpaired) electrons. The van der Waals surface area contributed by atoms with Gasteiger partial charge in [-0.2, -0.15) is 0 Å². The van der Waals surface area contributed by atoms with E-state index in [1.807, 2.05) is 29.6 Å². The molecule has 0 aliphatic rings. The number of thiazole rings is 1. The van der Waals surface area contributed by atoms with E-state index in [9.17, 15) is 9.18 Å². The van der Waals surface area contributed by atoms with Gasteiger partial charge in [-0.25, -0.2) is 14.2 Å². The Labute approximate surface area is 192 Å². The molecule has 0 saturated carbocycles. The van der Waals surface area contributed by atoms with E-state index in [0.29, 0.717) is 24.7 Å². The van der Waals surface area contributed by atoms with E-state index in [-0.39, 0.29) is 11.4 Å². The Balaban J connectivity index is 1.56. The fraction of sp³-hybridized carbons (Fsp3) is 0.227. The van der Waals surface area contributed by atoms with Crippen molar-refractivity contribution in [3.63, 3.8) is 0 Å². The Kier molecular flexibility index (Phi) is 6.99. The number of halogens is 2. The monoisotopic (exact) mass is 474 g/mol. The highest BCUT2D eigenvalue weighted by Gasteiger charge is 2.16. The average molecular weight is 475 g/mol. The highest BCUT2D eigenvalue weighted by Crippen LogP contribution is 2.30. The summed E-state index contributed by atoms with van der Waals surface area (Å²) in [5, 5.41) is 7.04. The molecule has 7 nitrogen and oxygen atoms in total. The first kappa shape index (κ1) is 22.2. The number of aromatic amines is 1. The largest absolute Gasteiger partial charge is 0.439 e. The van der Waals surface area contributed by atoms with Crippen LogP contribution in [0.15, 0.2) is 57.2 Å². The molecular weight excluding hydrogens is 455 g/mol. The van der Waals surface area contributed by atoms with Gasteiger partial charge in [0, 0.05) is 42.8 Å². The van der Waals surface area contributed by atoms with Crippen LogP contribution in [-0.4, -0.2) is 35.4 Å². The number of anilines is 1. The summed E-state index contributed by atoms with van der Waals surface area (Å²) in [5.74, 6) is -1.17. The lowest BCUT2D eigenvalue weighted by Gasteiger charge is -2.22. The number of hydrogen-bond acceptors (Lipinski definition) is 7. The summed E-state index contributed by atoms with van der Waals surface area (Å²) in [6.07, 6.45) is 0.799. The zero-order valence-electron chi connectivity index (χ0n) is 17.2. The third kappa shape index (κ3) is 5.24. The molecule has 2 aromatic carbocycles. The van der Waals surface area contributed by atoms with Gasteiger partial charge in [-0.3, -0.25) is 9.51 Å². The second kappa shape index (κ2) is 10.1. The molecular formula is C22H20ClFN4O3S. The van der Waals surface area contributed by atoms with Crippen LogP contribution in [0.25, 0.3) is 22.6 Å². The van der Waals surface area contributed by atoms with Crippen LogP contribution in [-0.2, 0) is 11.3 Å². The Morgan fingerprint density at radius 2 is 2.06 bits per heavy atom. The van der Waals surface area contributed by atoms with Crippen molar-refractivity contribution in [2.24, 2.45) is 0 Å². The second-order valence-corrected chi connectivity index (χ2v) is 8.32. The zero-order chi connectivity index (χ0) is 22.5. The lowest BCUT2D eigenvalue weighted by molar-refractivity contribution is 0.196. The van der Waals surface area contributed by atoms with Crippen LogP contribution in [0.2, 0.25) is 5.02 Å². The fourth-order valence-corrected chi connectivity index (χ4v) is 4.21. The highest BCUT2D eigenvalue weighted by molar-refractivity contribution is 7.14. The number of benzene rings is 2. The molecule has 0 fully saturated rings. The first-order valence-corrected chi connectivity index (χ1v) is 11.1. The van der Waals surface area contributed by atoms with Gasteiger partial charge in [-0.1, -0.05) is 35.0 Å². The van der Waals surface area contributed by atoms with E-state index in [1.165, 1.54) is 17.4 Å². The Bertz CT molecular complexity index is 1240. The van der Waals surface area contributed by atoms with E-state index in [0.717, 1.165) is 28.4 Å². The van der Waals surface area contributed by atoms with E-state index >= 15 is 0 Å². The van der Waals surface area contributed by atoms with Gasteiger partial charge in [0.15, 0.2) is 11.0 Å². The van der Waals surface area contributed by atoms with Crippen LogP contribution in [0.1, 0.15) is 12.0 Å². The molecule has 1 N–H and O–H groups in total. The van der Waals surface area contributed by atoms with E-state index in [1.54, 1.807) is 19.2 Å². The van der Waals surface area contributed by atoms with Crippen LogP contribution in [0.3, 0.4) is 0 Å². The summed E-state index contributed by atoms with van der Waals surface area (Å²) in [6.45, 7) is 1.77. The Hall–Kier alpha value is -3.01. The SMILES string of the molecule is COCCCN(Cc1ccc(-c2noc(=O)[nH]2)c(F)c1)c1nc(-c2ccc(Cl)cc2)cs1. The first-order valence-electron chi connectivity index (χ1n) is 9.83. The molecule has 0 atom stereocenters. The quantitative estimate of drug-likeness (QED) is 0.344. The third-order valence-electron chi connectivity index (χ3n) is 4.78. The average Bonchev–Trinajstić information content (AvgIpc) is 3.43. The van der Waals surface area contributed by atoms with Crippen molar-refractivity contribution in [2.45, 2.75) is 13.0 Å². The van der Waals surface area contributed by atoms with Gasteiger partial charge in [-0.05, 0) is 36.2 Å². The Morgan fingerprint density at radius 3 is 2.75 bits per heavy atom. The molecule has 0 amide bonds. The first-order chi connectivity index (χ1) is 15.5. The second-order valence-electron chi connectivity index (χ2n) is 7.05. The number of nitrogens with one attached hydrogen (secondary N) is 1. The number of hydrogen-bond donors (Lipinski definition) is 1. The lowest BCUT2D eigenvalue weighted by atomic mass is 10.1. The van der Waals surface area contributed by atoms with Crippen molar-refractivity contribution in [2.75, 3.05) is 25.2 Å². The van der Waals surface area contributed by atoms with Crippen molar-refractivity contribution in [1.82, 2.24) is 15.1 Å². The van der Waals surface area contributed by atoms with Gasteiger partial charge >= 0.3 is 5.76 Å². The summed E-state index contributed by atoms with van der Waals surface area (Å²) in [7, 11) is 1.66. The van der Waals surface area contributed by atoms with Crippen LogP contribution < -0.4 is 10.7 Å². The molecule has 4 rings (SSSR count). The van der Waals surface area contributed by atoms with Crippen LogP contribution in [0, 0.1) is 5.82 Å². The van der Waals surface area contributed by atoms with Crippen molar-refractivity contribution >= 4 is 28.1 Å². The number of aromatic nitrogens is 3. The van der Waals surface area contributed by atoms with Gasteiger partial charge in [-0.15, -0.1) is 11.3 Å². The third-order valence-corrected chi connectivity index (χ3v) is 5.93. The summed E-state index contributed by atoms with van der Waals surface area (Å²) < 4.78 is 24.4. The molecule has 0 unspecified atom stereocenters. The zero-order valence-corrected chi connectivity index (χ0v) is 18.8. The summed E-state index contributed by atoms with van der Waals surface area (Å²) in [4.78, 5) is 20.4. The van der Waals surface area contributed by atoms with Crippen molar-refractivity contribution in [1.29, 1.82) is 0 Å². The van der Waals surface area contributed by atoms with Gasteiger partial charge in [0.25, 0.3) is 0 Å². The van der Waals surface area contributed by atoms with Crippen LogP contribution in [0.5, 0.6) is 0 Å². The maximum Gasteiger partial charge on any atom is 0.439 e. The molecule has 166 valence electrons. The van der Waals surface area contributed by atoms with Crippen molar-refractivity contribution in [3.05, 3.63) is 74.8 Å². The molecule has 0 aliphatic heterocycles. The minimum atomic E-state index is -0.729. The summed E-state index contributed by atoms with van der Waals surface area (Å²) in [6, 6.07) is 12.3. The van der Waals surface area contributed by atoms with Crippen molar-refractivity contribution < 1.29 is 13.7 Å². The molecule has 0 aliphatic carbocycles. The van der Waals surface area contributed by atoms with Gasteiger partial charge in [0.05, 0.1) is 11.3 Å². The predicted molar refractivity (Wildman–Crippen MR) is 123 cm³/mol. The molecule has 2 aromatic heterocycles. The van der Waals surface area contributed by atoms with Gasteiger partial charge in [0.1, 0.15) is 5.82 Å². The molecule has 4 aromatic rings. The number of H-pyrrole nitrogens is 1. The number of methoxy groups -OCH3 is 1. The summed E-state index contributed by atoms with van der Waals surface area (Å²) >= 11 is 7.51. The molecule has 2 heterocycles. The highest BCUT2D eigenvalue weighted by atomic mass is 35.5. The molecule has 32 heavy (non-hydrogen) atoms. The van der Waals surface area contributed by atoms with E-state index in [2.05, 4.69) is 19.6 Å². The summed E-state index contributed by atoms with van der Waals surface area (Å²) in [5.41, 5.74) is 2.77. The van der Waals surface area contributed by atoms with Crippen LogP contribution >= 0.6 is 22.9 Å². The maximum absolute atomic E-state index is 14.7. The molecule has 0 spiro atoms. The smallest absolute Gasteiger partial charge is 0.385 e. The van der Waals surface area contributed by atoms with E-state index < -0.39 is 11.6 Å². The number of rotatable bonds is 9. The molecule has 0 saturated heterocycles. The topological polar surface area (TPSA) is 84.2 Å².